The highest BCUT2D eigenvalue weighted by Gasteiger charge is 2.25. The van der Waals surface area contributed by atoms with E-state index in [1.807, 2.05) is 60.5 Å². The number of nitrogens with zero attached hydrogens (tertiary/aromatic N) is 2. The zero-order valence-electron chi connectivity index (χ0n) is 19.9. The number of carbonyl (C=O) groups excluding carboxylic acids is 2. The standard InChI is InChI=1S/C30H32N2O2/c1-31(29(33)19-22-9-3-2-4-10-22)27-17-15-23(16-18-27)30(34)32-21-26-13-6-5-11-24(26)20-25-12-7-8-14-28(25)32/h5-8,11-18,22H,2-4,9-10,19-21H2,1H3. The molecule has 0 unspecified atom stereocenters. The van der Waals surface area contributed by atoms with Gasteiger partial charge in [-0.2, -0.15) is 0 Å². The lowest BCUT2D eigenvalue weighted by Crippen LogP contribution is -2.31. The molecular formula is C30H32N2O2. The van der Waals surface area contributed by atoms with Gasteiger partial charge in [0.05, 0.1) is 6.54 Å². The minimum absolute atomic E-state index is 0.0214. The summed E-state index contributed by atoms with van der Waals surface area (Å²) in [6.45, 7) is 0.549. The summed E-state index contributed by atoms with van der Waals surface area (Å²) in [4.78, 5) is 30.1. The molecule has 1 aliphatic heterocycles. The van der Waals surface area contributed by atoms with Crippen molar-refractivity contribution in [2.75, 3.05) is 16.8 Å². The van der Waals surface area contributed by atoms with Crippen LogP contribution in [0.4, 0.5) is 11.4 Å². The van der Waals surface area contributed by atoms with Crippen LogP contribution in [0.15, 0.2) is 72.8 Å². The van der Waals surface area contributed by atoms with Gasteiger partial charge in [0.2, 0.25) is 5.91 Å². The number of anilines is 2. The topological polar surface area (TPSA) is 40.6 Å². The van der Waals surface area contributed by atoms with Crippen molar-refractivity contribution in [2.45, 2.75) is 51.5 Å². The molecule has 1 aliphatic carbocycles. The number of para-hydroxylation sites is 1. The third-order valence-corrected chi connectivity index (χ3v) is 7.42. The summed E-state index contributed by atoms with van der Waals surface area (Å²) in [6.07, 6.45) is 7.53. The monoisotopic (exact) mass is 452 g/mol. The summed E-state index contributed by atoms with van der Waals surface area (Å²) in [5.74, 6) is 0.645. The molecule has 3 aromatic carbocycles. The molecule has 4 nitrogen and oxygen atoms in total. The number of benzene rings is 3. The Balaban J connectivity index is 1.35. The van der Waals surface area contributed by atoms with E-state index in [4.69, 9.17) is 0 Å². The Kier molecular flexibility index (Phi) is 6.48. The van der Waals surface area contributed by atoms with Crippen LogP contribution in [0, 0.1) is 5.92 Å². The van der Waals surface area contributed by atoms with Crippen LogP contribution in [0.5, 0.6) is 0 Å². The number of carbonyl (C=O) groups is 2. The SMILES string of the molecule is CN(C(=O)CC1CCCCC1)c1ccc(C(=O)N2Cc3ccccc3Cc3ccccc32)cc1. The van der Waals surface area contributed by atoms with Crippen LogP contribution in [0.2, 0.25) is 0 Å². The van der Waals surface area contributed by atoms with E-state index in [2.05, 4.69) is 24.3 Å². The van der Waals surface area contributed by atoms with Gasteiger partial charge in [-0.3, -0.25) is 9.59 Å². The van der Waals surface area contributed by atoms with Crippen molar-refractivity contribution in [2.24, 2.45) is 5.92 Å². The van der Waals surface area contributed by atoms with Crippen LogP contribution < -0.4 is 9.80 Å². The van der Waals surface area contributed by atoms with E-state index >= 15 is 0 Å². The van der Waals surface area contributed by atoms with Crippen molar-refractivity contribution in [1.29, 1.82) is 0 Å². The predicted molar refractivity (Wildman–Crippen MR) is 137 cm³/mol. The Labute approximate surface area is 202 Å². The van der Waals surface area contributed by atoms with Crippen LogP contribution >= 0.6 is 0 Å². The van der Waals surface area contributed by atoms with E-state index < -0.39 is 0 Å². The fourth-order valence-corrected chi connectivity index (χ4v) is 5.35. The molecular weight excluding hydrogens is 420 g/mol. The van der Waals surface area contributed by atoms with Crippen molar-refractivity contribution >= 4 is 23.2 Å². The average Bonchev–Trinajstić information content (AvgIpc) is 3.05. The van der Waals surface area contributed by atoms with Crippen molar-refractivity contribution in [3.63, 3.8) is 0 Å². The molecule has 0 radical (unpaired) electrons. The maximum atomic E-state index is 13.6. The van der Waals surface area contributed by atoms with Crippen LogP contribution in [-0.2, 0) is 17.8 Å². The zero-order valence-corrected chi connectivity index (χ0v) is 19.9. The molecule has 4 heteroatoms. The normalized spacial score (nSPS) is 15.7. The number of hydrogen-bond acceptors (Lipinski definition) is 2. The van der Waals surface area contributed by atoms with E-state index in [1.54, 1.807) is 4.90 Å². The second-order valence-corrected chi connectivity index (χ2v) is 9.67. The van der Waals surface area contributed by atoms with Gasteiger partial charge in [-0.15, -0.1) is 0 Å². The second kappa shape index (κ2) is 9.84. The summed E-state index contributed by atoms with van der Waals surface area (Å²) in [5.41, 5.74) is 6.03. The van der Waals surface area contributed by atoms with E-state index in [9.17, 15) is 9.59 Å². The van der Waals surface area contributed by atoms with Crippen molar-refractivity contribution < 1.29 is 9.59 Å². The Morgan fingerprint density at radius 1 is 0.824 bits per heavy atom. The maximum absolute atomic E-state index is 13.6. The number of amides is 2. The minimum Gasteiger partial charge on any atom is -0.315 e. The highest BCUT2D eigenvalue weighted by molar-refractivity contribution is 6.07. The molecule has 0 N–H and O–H groups in total. The van der Waals surface area contributed by atoms with Gasteiger partial charge in [-0.25, -0.2) is 0 Å². The predicted octanol–water partition coefficient (Wildman–Crippen LogP) is 6.37. The van der Waals surface area contributed by atoms with Gasteiger partial charge in [-0.05, 0) is 72.2 Å². The molecule has 34 heavy (non-hydrogen) atoms. The van der Waals surface area contributed by atoms with Crippen LogP contribution in [0.25, 0.3) is 0 Å². The fourth-order valence-electron chi connectivity index (χ4n) is 5.35. The first-order valence-electron chi connectivity index (χ1n) is 12.4. The molecule has 2 amide bonds. The molecule has 0 saturated heterocycles. The highest BCUT2D eigenvalue weighted by Crippen LogP contribution is 2.32. The van der Waals surface area contributed by atoms with Gasteiger partial charge >= 0.3 is 0 Å². The van der Waals surface area contributed by atoms with Crippen LogP contribution in [0.1, 0.15) is 65.6 Å². The molecule has 1 heterocycles. The van der Waals surface area contributed by atoms with Crippen LogP contribution in [0.3, 0.4) is 0 Å². The molecule has 174 valence electrons. The van der Waals surface area contributed by atoms with Gasteiger partial charge < -0.3 is 9.80 Å². The van der Waals surface area contributed by atoms with Crippen LogP contribution in [-0.4, -0.2) is 18.9 Å². The highest BCUT2D eigenvalue weighted by atomic mass is 16.2. The average molecular weight is 453 g/mol. The molecule has 1 saturated carbocycles. The van der Waals surface area contributed by atoms with Gasteiger partial charge in [0.25, 0.3) is 5.91 Å². The first-order valence-corrected chi connectivity index (χ1v) is 12.4. The Hall–Kier alpha value is -3.40. The van der Waals surface area contributed by atoms with Gasteiger partial charge in [0.15, 0.2) is 0 Å². The molecule has 5 rings (SSSR count). The van der Waals surface area contributed by atoms with Crippen molar-refractivity contribution in [1.82, 2.24) is 0 Å². The summed E-state index contributed by atoms with van der Waals surface area (Å²) < 4.78 is 0. The van der Waals surface area contributed by atoms with E-state index in [-0.39, 0.29) is 11.8 Å². The Morgan fingerprint density at radius 3 is 2.21 bits per heavy atom. The molecule has 3 aromatic rings. The molecule has 2 aliphatic rings. The lowest BCUT2D eigenvalue weighted by Gasteiger charge is -2.25. The maximum Gasteiger partial charge on any atom is 0.258 e. The van der Waals surface area contributed by atoms with E-state index in [1.165, 1.54) is 30.4 Å². The summed E-state index contributed by atoms with van der Waals surface area (Å²) in [5, 5.41) is 0. The zero-order chi connectivity index (χ0) is 23.5. The number of rotatable bonds is 4. The van der Waals surface area contributed by atoms with Gasteiger partial charge in [-0.1, -0.05) is 61.7 Å². The number of fused-ring (bicyclic) bond motifs is 2. The van der Waals surface area contributed by atoms with E-state index in [0.29, 0.717) is 24.4 Å². The third kappa shape index (κ3) is 4.63. The molecule has 0 aromatic heterocycles. The molecule has 0 spiro atoms. The van der Waals surface area contributed by atoms with E-state index in [0.717, 1.165) is 36.2 Å². The van der Waals surface area contributed by atoms with Crippen molar-refractivity contribution in [3.05, 3.63) is 95.1 Å². The first-order chi connectivity index (χ1) is 16.6. The Morgan fingerprint density at radius 2 is 1.47 bits per heavy atom. The summed E-state index contributed by atoms with van der Waals surface area (Å²) in [6, 6.07) is 24.0. The Bertz CT molecular complexity index is 1180. The largest absolute Gasteiger partial charge is 0.315 e. The second-order valence-electron chi connectivity index (χ2n) is 9.67. The minimum atomic E-state index is -0.0214. The summed E-state index contributed by atoms with van der Waals surface area (Å²) in [7, 11) is 1.84. The quantitative estimate of drug-likeness (QED) is 0.461. The smallest absolute Gasteiger partial charge is 0.258 e. The van der Waals surface area contributed by atoms with Gasteiger partial charge in [0.1, 0.15) is 0 Å². The summed E-state index contributed by atoms with van der Waals surface area (Å²) >= 11 is 0. The first kappa shape index (κ1) is 22.4. The van der Waals surface area contributed by atoms with Gasteiger partial charge in [0, 0.05) is 30.4 Å². The number of hydrogen-bond donors (Lipinski definition) is 0. The van der Waals surface area contributed by atoms with Crippen molar-refractivity contribution in [3.8, 4) is 0 Å². The molecule has 1 fully saturated rings. The molecule has 0 atom stereocenters. The lowest BCUT2D eigenvalue weighted by atomic mass is 9.86. The molecule has 0 bridgehead atoms. The third-order valence-electron chi connectivity index (χ3n) is 7.42. The fraction of sp³-hybridized carbons (Fsp3) is 0.333. The lowest BCUT2D eigenvalue weighted by molar-refractivity contribution is -0.119.